The van der Waals surface area contributed by atoms with Gasteiger partial charge in [0.05, 0.1) is 5.69 Å². The lowest BCUT2D eigenvalue weighted by Gasteiger charge is -2.09. The summed E-state index contributed by atoms with van der Waals surface area (Å²) in [5, 5.41) is 8.93. The zero-order valence-electron chi connectivity index (χ0n) is 10.8. The van der Waals surface area contributed by atoms with Crippen LogP contribution in [0.15, 0.2) is 30.3 Å². The second-order valence-corrected chi connectivity index (χ2v) is 4.44. The SMILES string of the molecule is Cc1cccc(-c2cc(C)nc(C(N)C(=O)O)n2)c1. The van der Waals surface area contributed by atoms with Crippen molar-refractivity contribution in [2.24, 2.45) is 5.73 Å². The number of benzene rings is 1. The highest BCUT2D eigenvalue weighted by Crippen LogP contribution is 2.20. The third-order valence-electron chi connectivity index (χ3n) is 2.73. The van der Waals surface area contributed by atoms with Gasteiger partial charge in [-0.15, -0.1) is 0 Å². The van der Waals surface area contributed by atoms with Crippen molar-refractivity contribution >= 4 is 5.97 Å². The van der Waals surface area contributed by atoms with Crippen LogP contribution in [0.2, 0.25) is 0 Å². The Morgan fingerprint density at radius 3 is 2.63 bits per heavy atom. The molecular weight excluding hydrogens is 242 g/mol. The van der Waals surface area contributed by atoms with Gasteiger partial charge >= 0.3 is 5.97 Å². The monoisotopic (exact) mass is 257 g/mol. The van der Waals surface area contributed by atoms with Gasteiger partial charge in [-0.05, 0) is 26.0 Å². The lowest BCUT2D eigenvalue weighted by atomic mass is 10.1. The fourth-order valence-electron chi connectivity index (χ4n) is 1.79. The molecule has 1 aromatic heterocycles. The van der Waals surface area contributed by atoms with E-state index in [9.17, 15) is 4.79 Å². The van der Waals surface area contributed by atoms with E-state index in [1.807, 2.05) is 37.3 Å². The minimum Gasteiger partial charge on any atom is -0.480 e. The molecule has 1 atom stereocenters. The van der Waals surface area contributed by atoms with Gasteiger partial charge in [-0.25, -0.2) is 9.97 Å². The third-order valence-corrected chi connectivity index (χ3v) is 2.73. The van der Waals surface area contributed by atoms with E-state index in [2.05, 4.69) is 9.97 Å². The highest BCUT2D eigenvalue weighted by molar-refractivity contribution is 5.74. The van der Waals surface area contributed by atoms with Crippen LogP contribution in [0.5, 0.6) is 0 Å². The Bertz CT molecular complexity index is 626. The molecule has 2 rings (SSSR count). The van der Waals surface area contributed by atoms with E-state index in [0.717, 1.165) is 11.1 Å². The number of aryl methyl sites for hydroxylation is 2. The Kier molecular flexibility index (Phi) is 3.57. The van der Waals surface area contributed by atoms with Crippen molar-refractivity contribution in [3.63, 3.8) is 0 Å². The normalized spacial score (nSPS) is 12.2. The average Bonchev–Trinajstić information content (AvgIpc) is 2.37. The Hall–Kier alpha value is -2.27. The van der Waals surface area contributed by atoms with E-state index in [1.54, 1.807) is 6.92 Å². The van der Waals surface area contributed by atoms with Crippen LogP contribution in [0.3, 0.4) is 0 Å². The summed E-state index contributed by atoms with van der Waals surface area (Å²) < 4.78 is 0. The van der Waals surface area contributed by atoms with Crippen molar-refractivity contribution in [3.8, 4) is 11.3 Å². The summed E-state index contributed by atoms with van der Waals surface area (Å²) in [4.78, 5) is 19.2. The van der Waals surface area contributed by atoms with Crippen molar-refractivity contribution in [3.05, 3.63) is 47.4 Å². The molecule has 0 bridgehead atoms. The van der Waals surface area contributed by atoms with Crippen LogP contribution in [-0.4, -0.2) is 21.0 Å². The molecule has 0 spiro atoms. The number of hydrogen-bond donors (Lipinski definition) is 2. The van der Waals surface area contributed by atoms with Crippen molar-refractivity contribution < 1.29 is 9.90 Å². The van der Waals surface area contributed by atoms with E-state index in [-0.39, 0.29) is 5.82 Å². The number of aliphatic carboxylic acids is 1. The zero-order valence-corrected chi connectivity index (χ0v) is 10.8. The van der Waals surface area contributed by atoms with Gasteiger partial charge < -0.3 is 10.8 Å². The molecule has 1 heterocycles. The van der Waals surface area contributed by atoms with Gasteiger partial charge in [-0.3, -0.25) is 4.79 Å². The van der Waals surface area contributed by atoms with E-state index in [4.69, 9.17) is 10.8 Å². The summed E-state index contributed by atoms with van der Waals surface area (Å²) >= 11 is 0. The van der Waals surface area contributed by atoms with Crippen molar-refractivity contribution in [2.45, 2.75) is 19.9 Å². The molecule has 19 heavy (non-hydrogen) atoms. The summed E-state index contributed by atoms with van der Waals surface area (Å²) in [6.07, 6.45) is 0. The predicted molar refractivity (Wildman–Crippen MR) is 71.5 cm³/mol. The van der Waals surface area contributed by atoms with Gasteiger partial charge in [-0.2, -0.15) is 0 Å². The molecule has 1 aromatic carbocycles. The molecule has 1 unspecified atom stereocenters. The molecule has 98 valence electrons. The fourth-order valence-corrected chi connectivity index (χ4v) is 1.79. The molecule has 0 aliphatic heterocycles. The molecule has 0 saturated heterocycles. The van der Waals surface area contributed by atoms with Crippen LogP contribution < -0.4 is 5.73 Å². The number of carboxylic acid groups (broad SMARTS) is 1. The van der Waals surface area contributed by atoms with E-state index >= 15 is 0 Å². The maximum absolute atomic E-state index is 10.9. The highest BCUT2D eigenvalue weighted by Gasteiger charge is 2.18. The van der Waals surface area contributed by atoms with E-state index < -0.39 is 12.0 Å². The van der Waals surface area contributed by atoms with Crippen LogP contribution in [-0.2, 0) is 4.79 Å². The lowest BCUT2D eigenvalue weighted by molar-refractivity contribution is -0.138. The quantitative estimate of drug-likeness (QED) is 0.875. The number of hydrogen-bond acceptors (Lipinski definition) is 4. The lowest BCUT2D eigenvalue weighted by Crippen LogP contribution is -2.23. The molecule has 0 aliphatic carbocycles. The van der Waals surface area contributed by atoms with Crippen LogP contribution in [0.1, 0.15) is 23.1 Å². The van der Waals surface area contributed by atoms with Gasteiger partial charge in [0.15, 0.2) is 11.9 Å². The standard InChI is InChI=1S/C14H15N3O2/c1-8-4-3-5-10(6-8)11-7-9(2)16-13(17-11)12(15)14(18)19/h3-7,12H,15H2,1-2H3,(H,18,19). The summed E-state index contributed by atoms with van der Waals surface area (Å²) in [7, 11) is 0. The van der Waals surface area contributed by atoms with Gasteiger partial charge in [0, 0.05) is 11.3 Å². The Morgan fingerprint density at radius 1 is 1.26 bits per heavy atom. The predicted octanol–water partition coefficient (Wildman–Crippen LogP) is 1.84. The van der Waals surface area contributed by atoms with E-state index in [1.165, 1.54) is 0 Å². The van der Waals surface area contributed by atoms with Gasteiger partial charge in [-0.1, -0.05) is 23.8 Å². The molecule has 0 amide bonds. The molecular formula is C14H15N3O2. The minimum atomic E-state index is -1.21. The van der Waals surface area contributed by atoms with Gasteiger partial charge in [0.1, 0.15) is 0 Å². The average molecular weight is 257 g/mol. The minimum absolute atomic E-state index is 0.129. The Labute approximate surface area is 111 Å². The summed E-state index contributed by atoms with van der Waals surface area (Å²) in [6, 6.07) is 8.43. The topological polar surface area (TPSA) is 89.1 Å². The first-order chi connectivity index (χ1) is 8.97. The largest absolute Gasteiger partial charge is 0.480 e. The van der Waals surface area contributed by atoms with Crippen LogP contribution in [0, 0.1) is 13.8 Å². The van der Waals surface area contributed by atoms with Crippen molar-refractivity contribution in [1.29, 1.82) is 0 Å². The summed E-state index contributed by atoms with van der Waals surface area (Å²) in [6.45, 7) is 3.78. The van der Waals surface area contributed by atoms with E-state index in [0.29, 0.717) is 11.4 Å². The number of nitrogens with zero attached hydrogens (tertiary/aromatic N) is 2. The van der Waals surface area contributed by atoms with Gasteiger partial charge in [0.2, 0.25) is 0 Å². The second-order valence-electron chi connectivity index (χ2n) is 4.44. The first-order valence-corrected chi connectivity index (χ1v) is 5.88. The maximum atomic E-state index is 10.9. The third kappa shape index (κ3) is 2.95. The molecule has 0 radical (unpaired) electrons. The molecule has 5 heteroatoms. The molecule has 0 fully saturated rings. The van der Waals surface area contributed by atoms with Gasteiger partial charge in [0.25, 0.3) is 0 Å². The zero-order chi connectivity index (χ0) is 14.0. The van der Waals surface area contributed by atoms with Crippen LogP contribution in [0.25, 0.3) is 11.3 Å². The number of nitrogens with two attached hydrogens (primary N) is 1. The molecule has 0 saturated carbocycles. The first-order valence-electron chi connectivity index (χ1n) is 5.88. The highest BCUT2D eigenvalue weighted by atomic mass is 16.4. The number of carboxylic acids is 1. The molecule has 0 aliphatic rings. The van der Waals surface area contributed by atoms with Crippen molar-refractivity contribution in [1.82, 2.24) is 9.97 Å². The molecule has 2 aromatic rings. The smallest absolute Gasteiger partial charge is 0.328 e. The number of rotatable bonds is 3. The maximum Gasteiger partial charge on any atom is 0.328 e. The summed E-state index contributed by atoms with van der Waals surface area (Å²) in [5.74, 6) is -1.01. The second kappa shape index (κ2) is 5.16. The van der Waals surface area contributed by atoms with Crippen LogP contribution >= 0.6 is 0 Å². The molecule has 3 N–H and O–H groups in total. The molecule has 5 nitrogen and oxygen atoms in total. The van der Waals surface area contributed by atoms with Crippen LogP contribution in [0.4, 0.5) is 0 Å². The first kappa shape index (κ1) is 13.2. The summed E-state index contributed by atoms with van der Waals surface area (Å²) in [5.41, 5.74) is 8.96. The fraction of sp³-hybridized carbons (Fsp3) is 0.214. The Morgan fingerprint density at radius 2 is 2.00 bits per heavy atom. The number of carbonyl (C=O) groups is 1. The van der Waals surface area contributed by atoms with Crippen molar-refractivity contribution in [2.75, 3.05) is 0 Å². The number of aromatic nitrogens is 2. The Balaban J connectivity index is 2.50.